The molecular weight excluding hydrogens is 267 g/mol. The van der Waals surface area contributed by atoms with Gasteiger partial charge in [-0.3, -0.25) is 0 Å². The van der Waals surface area contributed by atoms with E-state index in [-0.39, 0.29) is 11.4 Å². The van der Waals surface area contributed by atoms with Crippen LogP contribution in [-0.4, -0.2) is 14.6 Å². The Kier molecular flexibility index (Phi) is 2.74. The number of hydrogen-bond acceptors (Lipinski definition) is 2. The van der Waals surface area contributed by atoms with Crippen molar-refractivity contribution in [1.29, 1.82) is 0 Å². The number of benzene rings is 1. The number of pyridine rings is 1. The molecule has 3 rings (SSSR count). The fraction of sp³-hybridized carbons (Fsp3) is 0.143. The molecule has 3 aromatic rings. The number of halogens is 3. The molecular formula is C14H10F3N3. The van der Waals surface area contributed by atoms with Gasteiger partial charge >= 0.3 is 6.18 Å². The minimum atomic E-state index is -4.43. The molecule has 3 nitrogen and oxygen atoms in total. The lowest BCUT2D eigenvalue weighted by molar-refractivity contribution is -0.137. The third-order valence-corrected chi connectivity index (χ3v) is 2.95. The van der Waals surface area contributed by atoms with E-state index in [0.29, 0.717) is 5.65 Å². The van der Waals surface area contributed by atoms with Crippen LogP contribution in [0.3, 0.4) is 0 Å². The van der Waals surface area contributed by atoms with Crippen LogP contribution in [-0.2, 0) is 6.18 Å². The Balaban J connectivity index is 2.21. The average molecular weight is 277 g/mol. The van der Waals surface area contributed by atoms with Gasteiger partial charge in [-0.2, -0.15) is 13.2 Å². The van der Waals surface area contributed by atoms with Gasteiger partial charge in [0.2, 0.25) is 0 Å². The summed E-state index contributed by atoms with van der Waals surface area (Å²) < 4.78 is 40.5. The second-order valence-electron chi connectivity index (χ2n) is 4.49. The quantitative estimate of drug-likeness (QED) is 0.678. The van der Waals surface area contributed by atoms with Gasteiger partial charge in [-0.1, -0.05) is 24.3 Å². The lowest BCUT2D eigenvalue weighted by Gasteiger charge is -2.09. The molecule has 20 heavy (non-hydrogen) atoms. The number of hydrogen-bond donors (Lipinski definition) is 0. The van der Waals surface area contributed by atoms with Crippen LogP contribution in [0.25, 0.3) is 17.0 Å². The summed E-state index contributed by atoms with van der Waals surface area (Å²) in [7, 11) is 0. The van der Waals surface area contributed by atoms with Gasteiger partial charge in [-0.05, 0) is 24.6 Å². The maximum atomic E-state index is 13.0. The van der Waals surface area contributed by atoms with Gasteiger partial charge < -0.3 is 0 Å². The van der Waals surface area contributed by atoms with Crippen LogP contribution < -0.4 is 0 Å². The first-order chi connectivity index (χ1) is 9.45. The third-order valence-electron chi connectivity index (χ3n) is 2.95. The first kappa shape index (κ1) is 12.7. The van der Waals surface area contributed by atoms with Gasteiger partial charge in [-0.15, -0.1) is 5.10 Å². The number of aromatic nitrogens is 3. The van der Waals surface area contributed by atoms with Gasteiger partial charge in [0.25, 0.3) is 0 Å². The molecule has 0 radical (unpaired) electrons. The normalized spacial score (nSPS) is 12.0. The molecule has 0 spiro atoms. The van der Waals surface area contributed by atoms with Crippen molar-refractivity contribution in [3.05, 3.63) is 53.7 Å². The summed E-state index contributed by atoms with van der Waals surface area (Å²) >= 11 is 0. The number of nitrogens with zero attached hydrogens (tertiary/aromatic N) is 3. The van der Waals surface area contributed by atoms with E-state index in [1.165, 1.54) is 16.6 Å². The molecule has 6 heteroatoms. The second-order valence-corrected chi connectivity index (χ2v) is 4.49. The molecule has 0 saturated heterocycles. The van der Waals surface area contributed by atoms with Gasteiger partial charge in [-0.25, -0.2) is 9.50 Å². The molecule has 2 aromatic heterocycles. The van der Waals surface area contributed by atoms with Crippen LogP contribution in [0.4, 0.5) is 13.2 Å². The van der Waals surface area contributed by atoms with E-state index in [0.717, 1.165) is 11.6 Å². The van der Waals surface area contributed by atoms with Crippen molar-refractivity contribution in [3.63, 3.8) is 0 Å². The number of fused-ring (bicyclic) bond motifs is 1. The van der Waals surface area contributed by atoms with Crippen molar-refractivity contribution in [2.75, 3.05) is 0 Å². The predicted octanol–water partition coefficient (Wildman–Crippen LogP) is 3.72. The maximum Gasteiger partial charge on any atom is 0.417 e. The molecule has 0 unspecified atom stereocenters. The molecule has 0 fully saturated rings. The molecule has 1 aromatic carbocycles. The molecule has 0 saturated carbocycles. The Hall–Kier alpha value is -2.37. The van der Waals surface area contributed by atoms with Crippen molar-refractivity contribution in [2.24, 2.45) is 0 Å². The fourth-order valence-electron chi connectivity index (χ4n) is 2.03. The summed E-state index contributed by atoms with van der Waals surface area (Å²) in [4.78, 5) is 4.15. The predicted molar refractivity (Wildman–Crippen MR) is 68.2 cm³/mol. The Morgan fingerprint density at radius 1 is 1.05 bits per heavy atom. The van der Waals surface area contributed by atoms with Crippen molar-refractivity contribution < 1.29 is 13.2 Å². The average Bonchev–Trinajstić information content (AvgIpc) is 2.80. The van der Waals surface area contributed by atoms with E-state index in [4.69, 9.17) is 0 Å². The molecule has 0 N–H and O–H groups in total. The van der Waals surface area contributed by atoms with Crippen LogP contribution in [0.2, 0.25) is 0 Å². The first-order valence-corrected chi connectivity index (χ1v) is 5.95. The van der Waals surface area contributed by atoms with Crippen LogP contribution in [0, 0.1) is 6.92 Å². The molecule has 0 atom stereocenters. The highest BCUT2D eigenvalue weighted by Crippen LogP contribution is 2.35. The second kappa shape index (κ2) is 4.33. The van der Waals surface area contributed by atoms with E-state index in [9.17, 15) is 13.2 Å². The minimum Gasteiger partial charge on any atom is -0.220 e. The molecule has 0 amide bonds. The fourth-order valence-corrected chi connectivity index (χ4v) is 2.03. The molecule has 2 heterocycles. The van der Waals surface area contributed by atoms with Gasteiger partial charge in [0.1, 0.15) is 0 Å². The zero-order valence-corrected chi connectivity index (χ0v) is 10.5. The van der Waals surface area contributed by atoms with E-state index in [2.05, 4.69) is 10.1 Å². The van der Waals surface area contributed by atoms with Crippen LogP contribution in [0.1, 0.15) is 11.1 Å². The summed E-state index contributed by atoms with van der Waals surface area (Å²) in [5, 5.41) is 4.12. The smallest absolute Gasteiger partial charge is 0.220 e. The molecule has 0 aliphatic carbocycles. The highest BCUT2D eigenvalue weighted by Gasteiger charge is 2.34. The van der Waals surface area contributed by atoms with Crippen molar-refractivity contribution in [1.82, 2.24) is 14.6 Å². The molecule has 0 bridgehead atoms. The number of rotatable bonds is 1. The van der Waals surface area contributed by atoms with E-state index >= 15 is 0 Å². The Morgan fingerprint density at radius 2 is 1.80 bits per heavy atom. The topological polar surface area (TPSA) is 30.2 Å². The van der Waals surface area contributed by atoms with Crippen LogP contribution in [0.15, 0.2) is 42.6 Å². The zero-order chi connectivity index (χ0) is 14.3. The van der Waals surface area contributed by atoms with Crippen molar-refractivity contribution in [2.45, 2.75) is 13.1 Å². The highest BCUT2D eigenvalue weighted by molar-refractivity contribution is 5.63. The van der Waals surface area contributed by atoms with Gasteiger partial charge in [0, 0.05) is 11.8 Å². The van der Waals surface area contributed by atoms with E-state index < -0.39 is 11.7 Å². The van der Waals surface area contributed by atoms with E-state index in [1.807, 2.05) is 13.0 Å². The maximum absolute atomic E-state index is 13.0. The lowest BCUT2D eigenvalue weighted by Crippen LogP contribution is -2.07. The molecule has 0 aliphatic heterocycles. The van der Waals surface area contributed by atoms with Crippen LogP contribution >= 0.6 is 0 Å². The van der Waals surface area contributed by atoms with Crippen molar-refractivity contribution >= 4 is 5.65 Å². The zero-order valence-electron chi connectivity index (χ0n) is 10.5. The first-order valence-electron chi connectivity index (χ1n) is 5.95. The van der Waals surface area contributed by atoms with Gasteiger partial charge in [0.15, 0.2) is 11.5 Å². The summed E-state index contributed by atoms with van der Waals surface area (Å²) in [6.45, 7) is 1.88. The Morgan fingerprint density at radius 3 is 2.55 bits per heavy atom. The summed E-state index contributed by atoms with van der Waals surface area (Å²) in [6, 6.07) is 8.87. The Bertz CT molecular complexity index is 775. The minimum absolute atomic E-state index is 0.0126. The number of alkyl halides is 3. The monoisotopic (exact) mass is 277 g/mol. The summed E-state index contributed by atoms with van der Waals surface area (Å²) in [5.74, 6) is 0.0727. The number of aryl methyl sites for hydroxylation is 1. The largest absolute Gasteiger partial charge is 0.417 e. The lowest BCUT2D eigenvalue weighted by atomic mass is 10.1. The molecule has 0 aliphatic rings. The summed E-state index contributed by atoms with van der Waals surface area (Å²) in [6.07, 6.45) is -2.70. The Labute approximate surface area is 112 Å². The standard InChI is InChI=1S/C14H10F3N3/c1-9-6-7-12-18-13(19-20(12)8-9)10-4-2-3-5-11(10)14(15,16)17/h2-8H,1H3. The SMILES string of the molecule is Cc1ccc2nc(-c3ccccc3C(F)(F)F)nn2c1. The summed E-state index contributed by atoms with van der Waals surface area (Å²) in [5.41, 5.74) is 0.731. The molecule has 102 valence electrons. The van der Waals surface area contributed by atoms with Crippen LogP contribution in [0.5, 0.6) is 0 Å². The third kappa shape index (κ3) is 2.13. The van der Waals surface area contributed by atoms with Gasteiger partial charge in [0.05, 0.1) is 5.56 Å². The van der Waals surface area contributed by atoms with E-state index in [1.54, 1.807) is 18.3 Å². The highest BCUT2D eigenvalue weighted by atomic mass is 19.4. The van der Waals surface area contributed by atoms with Crippen molar-refractivity contribution in [3.8, 4) is 11.4 Å².